The van der Waals surface area contributed by atoms with Gasteiger partial charge < -0.3 is 13.2 Å². The first-order chi connectivity index (χ1) is 4.31. The minimum atomic E-state index is -1.20. The van der Waals surface area contributed by atoms with E-state index in [1.165, 1.54) is 0 Å². The molecule has 0 aromatic heterocycles. The van der Waals surface area contributed by atoms with Gasteiger partial charge in [-0.2, -0.15) is 0 Å². The molecule has 1 unspecified atom stereocenters. The summed E-state index contributed by atoms with van der Waals surface area (Å²) in [4.78, 5) is 0. The second-order valence-corrected chi connectivity index (χ2v) is 7.61. The van der Waals surface area contributed by atoms with Crippen molar-refractivity contribution >= 4 is 29.6 Å². The second kappa shape index (κ2) is 6.65. The van der Waals surface area contributed by atoms with Crippen molar-refractivity contribution in [3.63, 3.8) is 0 Å². The lowest BCUT2D eigenvalue weighted by Gasteiger charge is -2.09. The quantitative estimate of drug-likeness (QED) is 0.487. The van der Waals surface area contributed by atoms with Crippen molar-refractivity contribution in [3.05, 3.63) is 0 Å². The van der Waals surface area contributed by atoms with E-state index in [1.807, 2.05) is 6.92 Å². The standard InChI is InChI=1S/C3H15NO2Si3/c1-3-5-9(2)6-8-4-7/h4,9H,3,8H2,1-2,7H3. The fourth-order valence-electron chi connectivity index (χ4n) is 0.484. The van der Waals surface area contributed by atoms with Gasteiger partial charge in [-0.05, 0) is 13.5 Å². The molecule has 0 saturated heterocycles. The average Bonchev–Trinajstić information content (AvgIpc) is 1.85. The predicted molar refractivity (Wildman–Crippen MR) is 47.3 cm³/mol. The third-order valence-corrected chi connectivity index (χ3v) is 5.37. The lowest BCUT2D eigenvalue weighted by Crippen LogP contribution is -2.28. The van der Waals surface area contributed by atoms with Crippen molar-refractivity contribution in [2.45, 2.75) is 13.5 Å². The Balaban J connectivity index is 2.95. The first kappa shape index (κ1) is 9.53. The molecule has 0 saturated carbocycles. The van der Waals surface area contributed by atoms with E-state index in [4.69, 9.17) is 8.54 Å². The SMILES string of the molecule is CCO[SiH](C)O[SiH2]N[SiH3]. The van der Waals surface area contributed by atoms with Crippen molar-refractivity contribution < 1.29 is 8.54 Å². The Bertz CT molecular complexity index is 65.0. The van der Waals surface area contributed by atoms with Gasteiger partial charge in [0.15, 0.2) is 0 Å². The molecule has 3 nitrogen and oxygen atoms in total. The van der Waals surface area contributed by atoms with Gasteiger partial charge in [-0.3, -0.25) is 0 Å². The molecule has 1 N–H and O–H groups in total. The van der Waals surface area contributed by atoms with Crippen LogP contribution in [0.1, 0.15) is 6.92 Å². The summed E-state index contributed by atoms with van der Waals surface area (Å²) < 4.78 is 13.8. The molecular formula is C3H15NO2Si3. The van der Waals surface area contributed by atoms with E-state index in [-0.39, 0.29) is 0 Å². The minimum absolute atomic E-state index is 0.398. The van der Waals surface area contributed by atoms with Gasteiger partial charge in [0.25, 0.3) is 0 Å². The van der Waals surface area contributed by atoms with E-state index in [0.717, 1.165) is 17.0 Å². The normalized spacial score (nSPS) is 15.3. The Labute approximate surface area is 63.5 Å². The smallest absolute Gasteiger partial charge is 0.308 e. The van der Waals surface area contributed by atoms with Crippen LogP contribution in [0.5, 0.6) is 0 Å². The van der Waals surface area contributed by atoms with Crippen LogP contribution in [0.3, 0.4) is 0 Å². The van der Waals surface area contributed by atoms with Crippen LogP contribution >= 0.6 is 0 Å². The predicted octanol–water partition coefficient (Wildman–Crippen LogP) is -2.24. The molecule has 0 radical (unpaired) electrons. The third kappa shape index (κ3) is 6.42. The average molecular weight is 181 g/mol. The molecule has 1 atom stereocenters. The highest BCUT2D eigenvalue weighted by atomic mass is 28.4. The highest BCUT2D eigenvalue weighted by Gasteiger charge is 2.00. The lowest BCUT2D eigenvalue weighted by molar-refractivity contribution is 0.291. The van der Waals surface area contributed by atoms with Crippen LogP contribution in [0.2, 0.25) is 6.55 Å². The molecule has 0 fully saturated rings. The van der Waals surface area contributed by atoms with Crippen LogP contribution < -0.4 is 4.65 Å². The molecule has 9 heavy (non-hydrogen) atoms. The van der Waals surface area contributed by atoms with E-state index in [9.17, 15) is 0 Å². The Morgan fingerprint density at radius 2 is 2.44 bits per heavy atom. The van der Waals surface area contributed by atoms with Gasteiger partial charge in [-0.25, -0.2) is 0 Å². The summed E-state index contributed by atoms with van der Waals surface area (Å²) in [6.07, 6.45) is 0. The van der Waals surface area contributed by atoms with E-state index >= 15 is 0 Å². The van der Waals surface area contributed by atoms with Crippen LogP contribution in [0, 0.1) is 0 Å². The molecule has 6 heteroatoms. The lowest BCUT2D eigenvalue weighted by atomic mass is 10.9. The van der Waals surface area contributed by atoms with E-state index in [1.54, 1.807) is 0 Å². The maximum absolute atomic E-state index is 5.41. The van der Waals surface area contributed by atoms with Crippen LogP contribution in [-0.4, -0.2) is 36.2 Å². The minimum Gasteiger partial charge on any atom is -0.431 e. The number of hydrogen-bond donors (Lipinski definition) is 1. The monoisotopic (exact) mass is 181 g/mol. The Morgan fingerprint density at radius 1 is 1.78 bits per heavy atom. The molecule has 0 aromatic rings. The molecule has 0 aromatic carbocycles. The second-order valence-electron chi connectivity index (χ2n) is 1.69. The largest absolute Gasteiger partial charge is 0.431 e. The summed E-state index contributed by atoms with van der Waals surface area (Å²) in [6.45, 7) is 4.86. The Kier molecular flexibility index (Phi) is 7.04. The summed E-state index contributed by atoms with van der Waals surface area (Å²) in [5, 5.41) is 0. The maximum Gasteiger partial charge on any atom is 0.308 e. The van der Waals surface area contributed by atoms with Crippen LogP contribution in [0.4, 0.5) is 0 Å². The van der Waals surface area contributed by atoms with Gasteiger partial charge in [-0.15, -0.1) is 0 Å². The highest BCUT2D eigenvalue weighted by molar-refractivity contribution is 6.53. The summed E-state index contributed by atoms with van der Waals surface area (Å²) in [7, 11) is -0.544. The summed E-state index contributed by atoms with van der Waals surface area (Å²) in [5.74, 6) is 0. The summed E-state index contributed by atoms with van der Waals surface area (Å²) >= 11 is 0. The van der Waals surface area contributed by atoms with Gasteiger partial charge in [0.2, 0.25) is 9.92 Å². The molecular weight excluding hydrogens is 166 g/mol. The van der Waals surface area contributed by atoms with Crippen molar-refractivity contribution in [2.24, 2.45) is 0 Å². The van der Waals surface area contributed by atoms with Gasteiger partial charge in [0.05, 0.1) is 10.4 Å². The van der Waals surface area contributed by atoms with Crippen molar-refractivity contribution in [1.29, 1.82) is 0 Å². The summed E-state index contributed by atoms with van der Waals surface area (Å²) in [5.41, 5.74) is 0. The molecule has 0 rings (SSSR count). The number of hydrogen-bond acceptors (Lipinski definition) is 3. The Morgan fingerprint density at radius 3 is 2.89 bits per heavy atom. The van der Waals surface area contributed by atoms with Gasteiger partial charge in [-0.1, -0.05) is 0 Å². The zero-order valence-corrected chi connectivity index (χ0v) is 10.9. The van der Waals surface area contributed by atoms with Gasteiger partial charge in [0, 0.05) is 6.61 Å². The molecule has 0 aliphatic rings. The van der Waals surface area contributed by atoms with Crippen molar-refractivity contribution in [1.82, 2.24) is 4.65 Å². The number of rotatable bonds is 5. The van der Waals surface area contributed by atoms with Crippen LogP contribution in [-0.2, 0) is 8.54 Å². The fourth-order valence-corrected chi connectivity index (χ4v) is 4.44. The molecule has 0 spiro atoms. The first-order valence-electron chi connectivity index (χ1n) is 3.19. The molecule has 56 valence electrons. The van der Waals surface area contributed by atoms with E-state index in [2.05, 4.69) is 11.2 Å². The molecule has 0 amide bonds. The van der Waals surface area contributed by atoms with E-state index in [0.29, 0.717) is 0 Å². The third-order valence-electron chi connectivity index (χ3n) is 0.864. The van der Waals surface area contributed by atoms with Gasteiger partial charge in [0.1, 0.15) is 0 Å². The zero-order chi connectivity index (χ0) is 7.11. The summed E-state index contributed by atoms with van der Waals surface area (Å²) in [6, 6.07) is 0. The molecule has 0 aliphatic carbocycles. The number of nitrogens with one attached hydrogen (secondary N) is 1. The fraction of sp³-hybridized carbons (Fsp3) is 1.00. The van der Waals surface area contributed by atoms with Crippen molar-refractivity contribution in [3.8, 4) is 0 Å². The molecule has 0 aliphatic heterocycles. The van der Waals surface area contributed by atoms with Gasteiger partial charge >= 0.3 is 9.28 Å². The van der Waals surface area contributed by atoms with Crippen LogP contribution in [0.15, 0.2) is 0 Å². The molecule has 0 bridgehead atoms. The highest BCUT2D eigenvalue weighted by Crippen LogP contribution is 1.83. The topological polar surface area (TPSA) is 30.5 Å². The van der Waals surface area contributed by atoms with Crippen LogP contribution in [0.25, 0.3) is 0 Å². The maximum atomic E-state index is 5.41. The van der Waals surface area contributed by atoms with Crippen molar-refractivity contribution in [2.75, 3.05) is 6.61 Å². The zero-order valence-electron chi connectivity index (χ0n) is 6.31. The van der Waals surface area contributed by atoms with E-state index < -0.39 is 19.2 Å². The Hall–Kier alpha value is 0.531. The first-order valence-corrected chi connectivity index (χ1v) is 7.57. The molecule has 0 heterocycles.